The molecule has 1 saturated heterocycles. The molecule has 3 aromatic rings. The van der Waals surface area contributed by atoms with Crippen LogP contribution in [-0.4, -0.2) is 41.7 Å². The Balaban J connectivity index is 1.32. The first-order valence-electron chi connectivity index (χ1n) is 10.8. The second-order valence-electron chi connectivity index (χ2n) is 8.04. The van der Waals surface area contributed by atoms with Gasteiger partial charge >= 0.3 is 0 Å². The molecule has 31 heavy (non-hydrogen) atoms. The number of H-pyrrole nitrogens is 1. The Morgan fingerprint density at radius 3 is 2.52 bits per heavy atom. The Morgan fingerprint density at radius 1 is 1.10 bits per heavy atom. The highest BCUT2D eigenvalue weighted by molar-refractivity contribution is 7.89. The molecule has 1 aromatic heterocycles. The summed E-state index contributed by atoms with van der Waals surface area (Å²) < 4.78 is 27.0. The Hall–Kier alpha value is -2.71. The number of hydrogen-bond acceptors (Lipinski definition) is 4. The molecule has 2 N–H and O–H groups in total. The van der Waals surface area contributed by atoms with E-state index >= 15 is 0 Å². The van der Waals surface area contributed by atoms with Gasteiger partial charge in [-0.3, -0.25) is 4.79 Å². The molecule has 2 aromatic carbocycles. The Morgan fingerprint density at radius 2 is 1.81 bits per heavy atom. The molecule has 4 rings (SSSR count). The molecule has 8 heteroatoms. The fourth-order valence-corrected chi connectivity index (χ4v) is 5.42. The van der Waals surface area contributed by atoms with Crippen LogP contribution in [0.15, 0.2) is 53.4 Å². The van der Waals surface area contributed by atoms with Gasteiger partial charge in [0, 0.05) is 19.5 Å². The van der Waals surface area contributed by atoms with Crippen molar-refractivity contribution in [1.29, 1.82) is 0 Å². The predicted octanol–water partition coefficient (Wildman–Crippen LogP) is 3.55. The van der Waals surface area contributed by atoms with Crippen LogP contribution in [0.1, 0.15) is 50.0 Å². The number of nitrogens with one attached hydrogen (secondary N) is 2. The van der Waals surface area contributed by atoms with E-state index in [1.165, 1.54) is 0 Å². The second-order valence-corrected chi connectivity index (χ2v) is 9.98. The van der Waals surface area contributed by atoms with Crippen LogP contribution in [0.5, 0.6) is 0 Å². The van der Waals surface area contributed by atoms with Gasteiger partial charge in [0.2, 0.25) is 15.9 Å². The molecular weight excluding hydrogens is 412 g/mol. The summed E-state index contributed by atoms with van der Waals surface area (Å²) >= 11 is 0. The van der Waals surface area contributed by atoms with Gasteiger partial charge < -0.3 is 10.3 Å². The van der Waals surface area contributed by atoms with Crippen molar-refractivity contribution in [2.24, 2.45) is 0 Å². The highest BCUT2D eigenvalue weighted by Crippen LogP contribution is 2.21. The molecule has 0 bridgehead atoms. The summed E-state index contributed by atoms with van der Waals surface area (Å²) in [5.74, 6) is 0.653. The molecule has 0 unspecified atom stereocenters. The van der Waals surface area contributed by atoms with E-state index in [4.69, 9.17) is 0 Å². The summed E-state index contributed by atoms with van der Waals surface area (Å²) in [6.45, 7) is 3.08. The molecule has 164 valence electrons. The Bertz CT molecular complexity index is 1120. The number of aromatic nitrogens is 2. The van der Waals surface area contributed by atoms with Gasteiger partial charge in [0.15, 0.2) is 0 Å². The number of sulfonamides is 1. The summed E-state index contributed by atoms with van der Waals surface area (Å²) in [6.07, 6.45) is 3.78. The Kier molecular flexibility index (Phi) is 6.38. The number of fused-ring (bicyclic) bond motifs is 1. The number of aryl methyl sites for hydroxylation is 1. The van der Waals surface area contributed by atoms with E-state index in [0.29, 0.717) is 30.8 Å². The Labute approximate surface area is 182 Å². The van der Waals surface area contributed by atoms with Crippen LogP contribution in [0.2, 0.25) is 0 Å². The van der Waals surface area contributed by atoms with Crippen LogP contribution >= 0.6 is 0 Å². The molecule has 0 spiro atoms. The van der Waals surface area contributed by atoms with E-state index in [1.807, 2.05) is 31.2 Å². The summed E-state index contributed by atoms with van der Waals surface area (Å²) in [6, 6.07) is 14.4. The molecule has 0 aliphatic carbocycles. The van der Waals surface area contributed by atoms with Gasteiger partial charge in [-0.15, -0.1) is 0 Å². The predicted molar refractivity (Wildman–Crippen MR) is 120 cm³/mol. The largest absolute Gasteiger partial charge is 0.346 e. The van der Waals surface area contributed by atoms with E-state index in [1.54, 1.807) is 28.6 Å². The van der Waals surface area contributed by atoms with Gasteiger partial charge in [-0.2, -0.15) is 4.31 Å². The molecule has 0 saturated carbocycles. The third-order valence-electron chi connectivity index (χ3n) is 5.71. The molecule has 7 nitrogen and oxygen atoms in total. The number of piperidine rings is 1. The summed E-state index contributed by atoms with van der Waals surface area (Å²) in [5, 5.41) is 2.97. The molecule has 1 aliphatic rings. The number of aromatic amines is 1. The quantitative estimate of drug-likeness (QED) is 0.587. The lowest BCUT2D eigenvalue weighted by Gasteiger charge is -2.25. The number of rotatable bonds is 7. The van der Waals surface area contributed by atoms with Crippen LogP contribution in [0, 0.1) is 0 Å². The summed E-state index contributed by atoms with van der Waals surface area (Å²) in [5.41, 5.74) is 2.75. The minimum atomic E-state index is -3.42. The number of amides is 1. The van der Waals surface area contributed by atoms with Crippen molar-refractivity contribution in [3.05, 3.63) is 59.9 Å². The summed E-state index contributed by atoms with van der Waals surface area (Å²) in [7, 11) is -3.42. The maximum Gasteiger partial charge on any atom is 0.243 e. The highest BCUT2D eigenvalue weighted by atomic mass is 32.2. The van der Waals surface area contributed by atoms with Gasteiger partial charge in [-0.25, -0.2) is 13.4 Å². The molecular formula is C23H28N4O3S. The van der Waals surface area contributed by atoms with E-state index in [-0.39, 0.29) is 11.9 Å². The maximum atomic E-state index is 12.7. The number of benzene rings is 2. The number of carbonyl (C=O) groups is 1. The van der Waals surface area contributed by atoms with Gasteiger partial charge in [0.1, 0.15) is 5.82 Å². The molecule has 1 aliphatic heterocycles. The molecule has 1 atom stereocenters. The van der Waals surface area contributed by atoms with Crippen molar-refractivity contribution >= 4 is 27.0 Å². The topological polar surface area (TPSA) is 95.2 Å². The SMILES string of the molecule is C[C@H](NC(=O)CCc1ccc(S(=O)(=O)N2CCCCC2)cc1)c1nc2ccccc2[nH]1. The van der Waals surface area contributed by atoms with Crippen LogP contribution < -0.4 is 5.32 Å². The lowest BCUT2D eigenvalue weighted by Crippen LogP contribution is -2.35. The highest BCUT2D eigenvalue weighted by Gasteiger charge is 2.25. The fraction of sp³-hybridized carbons (Fsp3) is 0.391. The zero-order valence-corrected chi connectivity index (χ0v) is 18.5. The van der Waals surface area contributed by atoms with Crippen molar-refractivity contribution in [2.75, 3.05) is 13.1 Å². The van der Waals surface area contributed by atoms with Crippen LogP contribution in [0.4, 0.5) is 0 Å². The van der Waals surface area contributed by atoms with Crippen molar-refractivity contribution < 1.29 is 13.2 Å². The number of imidazole rings is 1. The standard InChI is InChI=1S/C23H28N4O3S/c1-17(23-25-20-7-3-4-8-21(20)26-23)24-22(28)14-11-18-9-12-19(13-10-18)31(29,30)27-15-5-2-6-16-27/h3-4,7-10,12-13,17H,2,5-6,11,14-16H2,1H3,(H,24,28)(H,25,26)/t17-/m0/s1. The first-order valence-corrected chi connectivity index (χ1v) is 12.2. The number of hydrogen-bond donors (Lipinski definition) is 2. The molecule has 0 radical (unpaired) electrons. The zero-order valence-electron chi connectivity index (χ0n) is 17.7. The van der Waals surface area contributed by atoms with Gasteiger partial charge in [0.25, 0.3) is 0 Å². The zero-order chi connectivity index (χ0) is 21.8. The van der Waals surface area contributed by atoms with Crippen LogP contribution in [0.25, 0.3) is 11.0 Å². The lowest BCUT2D eigenvalue weighted by molar-refractivity contribution is -0.121. The van der Waals surface area contributed by atoms with Crippen molar-refractivity contribution in [3.8, 4) is 0 Å². The van der Waals surface area contributed by atoms with Gasteiger partial charge in [-0.05, 0) is 56.0 Å². The average molecular weight is 441 g/mol. The van der Waals surface area contributed by atoms with E-state index < -0.39 is 10.0 Å². The fourth-order valence-electron chi connectivity index (χ4n) is 3.90. The maximum absolute atomic E-state index is 12.7. The number of carbonyl (C=O) groups excluding carboxylic acids is 1. The van der Waals surface area contributed by atoms with Crippen molar-refractivity contribution in [2.45, 2.75) is 50.0 Å². The minimum Gasteiger partial charge on any atom is -0.346 e. The monoisotopic (exact) mass is 440 g/mol. The number of para-hydroxylation sites is 2. The number of nitrogens with zero attached hydrogens (tertiary/aromatic N) is 2. The van der Waals surface area contributed by atoms with Gasteiger partial charge in [-0.1, -0.05) is 30.7 Å². The smallest absolute Gasteiger partial charge is 0.243 e. The van der Waals surface area contributed by atoms with Crippen molar-refractivity contribution in [3.63, 3.8) is 0 Å². The normalized spacial score (nSPS) is 16.3. The van der Waals surface area contributed by atoms with Gasteiger partial charge in [0.05, 0.1) is 22.0 Å². The summed E-state index contributed by atoms with van der Waals surface area (Å²) in [4.78, 5) is 20.5. The first-order chi connectivity index (χ1) is 14.9. The minimum absolute atomic E-state index is 0.0713. The van der Waals surface area contributed by atoms with E-state index in [2.05, 4.69) is 15.3 Å². The first kappa shape index (κ1) is 21.5. The second kappa shape index (κ2) is 9.20. The third kappa shape index (κ3) is 4.97. The van der Waals surface area contributed by atoms with Crippen LogP contribution in [0.3, 0.4) is 0 Å². The van der Waals surface area contributed by atoms with Crippen molar-refractivity contribution in [1.82, 2.24) is 19.6 Å². The molecule has 1 fully saturated rings. The lowest BCUT2D eigenvalue weighted by atomic mass is 10.1. The van der Waals surface area contributed by atoms with E-state index in [0.717, 1.165) is 41.7 Å². The average Bonchev–Trinajstić information content (AvgIpc) is 3.23. The third-order valence-corrected chi connectivity index (χ3v) is 7.63. The van der Waals surface area contributed by atoms with Crippen LogP contribution in [-0.2, 0) is 21.2 Å². The molecule has 2 heterocycles. The molecule has 1 amide bonds. The van der Waals surface area contributed by atoms with E-state index in [9.17, 15) is 13.2 Å².